The average molecular weight is 332 g/mol. The zero-order valence-electron chi connectivity index (χ0n) is 12.8. The second-order valence-corrected chi connectivity index (χ2v) is 5.33. The van der Waals surface area contributed by atoms with Crippen LogP contribution in [0.15, 0.2) is 54.9 Å². The maximum atomic E-state index is 12.3. The molecule has 0 saturated heterocycles. The highest BCUT2D eigenvalue weighted by molar-refractivity contribution is 6.05. The highest BCUT2D eigenvalue weighted by Crippen LogP contribution is 2.20. The Morgan fingerprint density at radius 1 is 1.00 bits per heavy atom. The van der Waals surface area contributed by atoms with Crippen molar-refractivity contribution in [2.45, 2.75) is 0 Å². The smallest absolute Gasteiger partial charge is 0.255 e. The van der Waals surface area contributed by atoms with Crippen LogP contribution in [0.1, 0.15) is 10.4 Å². The minimum Gasteiger partial charge on any atom is -0.508 e. The van der Waals surface area contributed by atoms with Gasteiger partial charge in [-0.2, -0.15) is 15.4 Å². The van der Waals surface area contributed by atoms with Gasteiger partial charge in [0.1, 0.15) is 16.8 Å². The summed E-state index contributed by atoms with van der Waals surface area (Å²) in [5.74, 6) is 0.304. The number of amides is 1. The van der Waals surface area contributed by atoms with Crippen LogP contribution in [0.3, 0.4) is 0 Å². The van der Waals surface area contributed by atoms with Crippen LogP contribution in [0.4, 0.5) is 5.69 Å². The summed E-state index contributed by atoms with van der Waals surface area (Å²) in [7, 11) is 0. The molecule has 0 bridgehead atoms. The molecule has 1 amide bonds. The van der Waals surface area contributed by atoms with Crippen molar-refractivity contribution in [3.63, 3.8) is 0 Å². The number of aromatic amines is 1. The molecule has 0 spiro atoms. The summed E-state index contributed by atoms with van der Waals surface area (Å²) < 4.78 is 0. The Balaban J connectivity index is 1.53. The molecule has 2 aromatic carbocycles. The van der Waals surface area contributed by atoms with E-state index in [0.717, 1.165) is 0 Å². The lowest BCUT2D eigenvalue weighted by molar-refractivity contribution is 0.102. The fourth-order valence-corrected chi connectivity index (χ4v) is 2.37. The minimum atomic E-state index is -0.293. The van der Waals surface area contributed by atoms with Crippen LogP contribution < -0.4 is 5.32 Å². The van der Waals surface area contributed by atoms with Crippen molar-refractivity contribution in [3.05, 3.63) is 60.4 Å². The number of phenols is 1. The number of benzene rings is 2. The summed E-state index contributed by atoms with van der Waals surface area (Å²) in [4.78, 5) is 20.7. The van der Waals surface area contributed by atoms with E-state index < -0.39 is 0 Å². The molecule has 0 fully saturated rings. The van der Waals surface area contributed by atoms with E-state index in [4.69, 9.17) is 0 Å². The third kappa shape index (κ3) is 3.00. The number of anilines is 1. The zero-order valence-corrected chi connectivity index (χ0v) is 12.8. The van der Waals surface area contributed by atoms with Crippen molar-refractivity contribution in [1.29, 1.82) is 0 Å². The van der Waals surface area contributed by atoms with E-state index in [-0.39, 0.29) is 11.7 Å². The predicted molar refractivity (Wildman–Crippen MR) is 91.0 cm³/mol. The molecular formula is C17H12N6O2. The average Bonchev–Trinajstić information content (AvgIpc) is 3.10. The third-order valence-electron chi connectivity index (χ3n) is 3.59. The summed E-state index contributed by atoms with van der Waals surface area (Å²) in [6, 6.07) is 11.7. The molecule has 8 heteroatoms. The fourth-order valence-electron chi connectivity index (χ4n) is 2.37. The number of nitrogens with zero attached hydrogens (tertiary/aromatic N) is 4. The summed E-state index contributed by atoms with van der Waals surface area (Å²) in [6.07, 6.45) is 3.03. The largest absolute Gasteiger partial charge is 0.508 e. The quantitative estimate of drug-likeness (QED) is 0.530. The number of nitrogens with one attached hydrogen (secondary N) is 2. The monoisotopic (exact) mass is 332 g/mol. The Hall–Kier alpha value is -3.81. The van der Waals surface area contributed by atoms with Crippen LogP contribution in [0.2, 0.25) is 0 Å². The molecule has 0 unspecified atom stereocenters. The van der Waals surface area contributed by atoms with Crippen LogP contribution in [0, 0.1) is 0 Å². The van der Waals surface area contributed by atoms with E-state index in [0.29, 0.717) is 33.7 Å². The number of fused-ring (bicyclic) bond motifs is 1. The molecule has 4 aromatic rings. The number of rotatable bonds is 3. The van der Waals surface area contributed by atoms with Crippen LogP contribution in [-0.2, 0) is 0 Å². The van der Waals surface area contributed by atoms with Gasteiger partial charge < -0.3 is 10.4 Å². The number of H-pyrrole nitrogens is 1. The first-order chi connectivity index (χ1) is 12.2. The third-order valence-corrected chi connectivity index (χ3v) is 3.59. The Kier molecular flexibility index (Phi) is 3.55. The molecule has 0 aliphatic carbocycles. The first-order valence-electron chi connectivity index (χ1n) is 7.42. The molecule has 0 aliphatic heterocycles. The Labute approximate surface area is 141 Å². The van der Waals surface area contributed by atoms with Gasteiger partial charge in [-0.1, -0.05) is 12.1 Å². The molecule has 3 N–H and O–H groups in total. The number of phenolic OH excluding ortho intramolecular Hbond substituents is 1. The number of hydrogen-bond donors (Lipinski definition) is 3. The van der Waals surface area contributed by atoms with E-state index in [1.54, 1.807) is 42.5 Å². The molecule has 0 radical (unpaired) electrons. The first-order valence-corrected chi connectivity index (χ1v) is 7.42. The molecule has 2 aromatic heterocycles. The van der Waals surface area contributed by atoms with Gasteiger partial charge in [-0.25, -0.2) is 9.97 Å². The summed E-state index contributed by atoms with van der Waals surface area (Å²) >= 11 is 0. The predicted octanol–water partition coefficient (Wildman–Crippen LogP) is 2.37. The van der Waals surface area contributed by atoms with Gasteiger partial charge >= 0.3 is 0 Å². The second-order valence-electron chi connectivity index (χ2n) is 5.33. The molecule has 0 aliphatic rings. The van der Waals surface area contributed by atoms with Crippen LogP contribution >= 0.6 is 0 Å². The number of hydrogen-bond acceptors (Lipinski definition) is 6. The first kappa shape index (κ1) is 14.8. The van der Waals surface area contributed by atoms with Gasteiger partial charge in [-0.3, -0.25) is 4.79 Å². The topological polar surface area (TPSA) is 117 Å². The number of carbonyl (C=O) groups excluding carboxylic acids is 1. The molecule has 2 heterocycles. The van der Waals surface area contributed by atoms with Gasteiger partial charge in [0, 0.05) is 11.1 Å². The van der Waals surface area contributed by atoms with Crippen LogP contribution in [0.5, 0.6) is 5.75 Å². The molecule has 4 rings (SSSR count). The summed E-state index contributed by atoms with van der Waals surface area (Å²) in [5, 5.41) is 22.7. The van der Waals surface area contributed by atoms with Gasteiger partial charge in [-0.15, -0.1) is 0 Å². The molecule has 8 nitrogen and oxygen atoms in total. The van der Waals surface area contributed by atoms with Gasteiger partial charge in [0.05, 0.1) is 18.1 Å². The lowest BCUT2D eigenvalue weighted by atomic mass is 10.2. The lowest BCUT2D eigenvalue weighted by Gasteiger charge is -2.06. The fraction of sp³-hybridized carbons (Fsp3) is 0. The molecular weight excluding hydrogens is 320 g/mol. The highest BCUT2D eigenvalue weighted by Gasteiger charge is 2.10. The molecule has 25 heavy (non-hydrogen) atoms. The van der Waals surface area contributed by atoms with Gasteiger partial charge in [0.15, 0.2) is 5.82 Å². The van der Waals surface area contributed by atoms with E-state index in [1.807, 2.05) is 0 Å². The Morgan fingerprint density at radius 2 is 1.80 bits per heavy atom. The van der Waals surface area contributed by atoms with Crippen molar-refractivity contribution >= 4 is 22.6 Å². The van der Waals surface area contributed by atoms with E-state index in [1.165, 1.54) is 12.4 Å². The lowest BCUT2D eigenvalue weighted by Crippen LogP contribution is -2.12. The molecule has 0 saturated carbocycles. The molecule has 122 valence electrons. The number of aromatic hydroxyl groups is 1. The van der Waals surface area contributed by atoms with Crippen molar-refractivity contribution in [2.75, 3.05) is 5.32 Å². The Bertz CT molecular complexity index is 1060. The normalized spacial score (nSPS) is 10.7. The zero-order chi connectivity index (χ0) is 17.2. The van der Waals surface area contributed by atoms with E-state index in [2.05, 4.69) is 30.7 Å². The summed E-state index contributed by atoms with van der Waals surface area (Å²) in [6.45, 7) is 0. The Morgan fingerprint density at radius 3 is 2.60 bits per heavy atom. The van der Waals surface area contributed by atoms with Crippen molar-refractivity contribution in [3.8, 4) is 17.1 Å². The van der Waals surface area contributed by atoms with Crippen LogP contribution in [-0.4, -0.2) is 36.4 Å². The van der Waals surface area contributed by atoms with Crippen molar-refractivity contribution < 1.29 is 9.90 Å². The highest BCUT2D eigenvalue weighted by atomic mass is 16.3. The van der Waals surface area contributed by atoms with Crippen LogP contribution in [0.25, 0.3) is 22.4 Å². The number of carbonyl (C=O) groups is 1. The standard InChI is InChI=1S/C17H12N6O2/c24-13-3-1-2-10(6-13)16-18-8-12(9-19-16)20-17(25)11-4-5-14-15(7-11)22-23-21-14/h1-9,24H,(H,20,25)(H,21,22,23). The second kappa shape index (κ2) is 6.00. The number of aromatic nitrogens is 5. The van der Waals surface area contributed by atoms with Crippen molar-refractivity contribution in [2.24, 2.45) is 0 Å². The summed E-state index contributed by atoms with van der Waals surface area (Å²) in [5.41, 5.74) is 2.92. The van der Waals surface area contributed by atoms with Gasteiger partial charge in [0.25, 0.3) is 5.91 Å². The van der Waals surface area contributed by atoms with E-state index in [9.17, 15) is 9.90 Å². The minimum absolute atomic E-state index is 0.140. The van der Waals surface area contributed by atoms with Gasteiger partial charge in [0.2, 0.25) is 0 Å². The maximum Gasteiger partial charge on any atom is 0.255 e. The van der Waals surface area contributed by atoms with Gasteiger partial charge in [-0.05, 0) is 30.3 Å². The van der Waals surface area contributed by atoms with Crippen molar-refractivity contribution in [1.82, 2.24) is 25.4 Å². The maximum absolute atomic E-state index is 12.3. The van der Waals surface area contributed by atoms with E-state index >= 15 is 0 Å². The SMILES string of the molecule is O=C(Nc1cnc(-c2cccc(O)c2)nc1)c1ccc2n[nH]nc2c1. The molecule has 0 atom stereocenters.